The molecule has 3 unspecified atom stereocenters. The summed E-state index contributed by atoms with van der Waals surface area (Å²) in [7, 11) is 1.55. The predicted octanol–water partition coefficient (Wildman–Crippen LogP) is 8.63. The number of nitrogens with zero attached hydrogens (tertiary/aromatic N) is 1. The number of amides is 1. The molecule has 0 saturated heterocycles. The second-order valence-electron chi connectivity index (χ2n) is 13.2. The van der Waals surface area contributed by atoms with Crippen LogP contribution < -0.4 is 5.32 Å². The highest BCUT2D eigenvalue weighted by Crippen LogP contribution is 2.43. The summed E-state index contributed by atoms with van der Waals surface area (Å²) >= 11 is 0. The van der Waals surface area contributed by atoms with Crippen molar-refractivity contribution in [2.24, 2.45) is 0 Å². The Bertz CT molecular complexity index is 784. The molecule has 3 N–H and O–H groups in total. The molecule has 0 fully saturated rings. The molecule has 0 heterocycles. The van der Waals surface area contributed by atoms with E-state index >= 15 is 0 Å². The third kappa shape index (κ3) is 29.7. The van der Waals surface area contributed by atoms with Crippen LogP contribution >= 0.6 is 7.82 Å². The third-order valence-electron chi connectivity index (χ3n) is 7.67. The number of unbranched alkanes of at least 4 members (excludes halogenated alkanes) is 16. The minimum atomic E-state index is -4.32. The fourth-order valence-corrected chi connectivity index (χ4v) is 5.50. The quantitative estimate of drug-likeness (QED) is 0.0302. The minimum Gasteiger partial charge on any atom is -0.387 e. The van der Waals surface area contributed by atoms with Crippen LogP contribution in [-0.2, 0) is 18.4 Å². The molecule has 0 radical (unpaired) electrons. The van der Waals surface area contributed by atoms with Crippen LogP contribution in [0, 0.1) is 0 Å². The van der Waals surface area contributed by atoms with Gasteiger partial charge in [-0.05, 0) is 32.1 Å². The lowest BCUT2D eigenvalue weighted by Gasteiger charge is -2.25. The summed E-state index contributed by atoms with van der Waals surface area (Å²) in [6, 6.07) is -0.853. The van der Waals surface area contributed by atoms with Gasteiger partial charge in [-0.3, -0.25) is 13.8 Å². The molecule has 1 amide bonds. The Kier molecular flexibility index (Phi) is 27.6. The fourth-order valence-electron chi connectivity index (χ4n) is 4.76. The fraction of sp³-hybridized carbons (Fsp3) is 0.857. The molecule has 0 bridgehead atoms. The van der Waals surface area contributed by atoms with E-state index in [1.54, 1.807) is 6.08 Å². The van der Waals surface area contributed by atoms with Crippen molar-refractivity contribution in [3.8, 4) is 0 Å². The van der Waals surface area contributed by atoms with Gasteiger partial charge in [-0.25, -0.2) is 4.57 Å². The van der Waals surface area contributed by atoms with Crippen molar-refractivity contribution in [1.29, 1.82) is 0 Å². The highest BCUT2D eigenvalue weighted by Gasteiger charge is 2.27. The van der Waals surface area contributed by atoms with Crippen LogP contribution in [0.3, 0.4) is 0 Å². The number of hydrogen-bond acceptors (Lipinski definition) is 5. The average molecular weight is 646 g/mol. The molecule has 0 aromatic rings. The number of likely N-dealkylation sites (N-methyl/N-ethyl adjacent to an activating group) is 1. The molecule has 0 saturated carbocycles. The zero-order valence-corrected chi connectivity index (χ0v) is 30.0. The Morgan fingerprint density at radius 1 is 0.750 bits per heavy atom. The van der Waals surface area contributed by atoms with Crippen LogP contribution in [0.1, 0.15) is 142 Å². The number of hydrogen-bond donors (Lipinski definition) is 3. The lowest BCUT2D eigenvalue weighted by atomic mass is 10.0. The number of carbonyl (C=O) groups excluding carboxylic acids is 1. The normalized spacial score (nSPS) is 15.2. The van der Waals surface area contributed by atoms with E-state index in [4.69, 9.17) is 9.05 Å². The van der Waals surface area contributed by atoms with E-state index < -0.39 is 20.0 Å². The molecule has 0 spiro atoms. The zero-order chi connectivity index (χ0) is 32.9. The van der Waals surface area contributed by atoms with Crippen LogP contribution in [0.15, 0.2) is 24.3 Å². The molecule has 260 valence electrons. The summed E-state index contributed by atoms with van der Waals surface area (Å²) in [5.74, 6) is -0.207. The van der Waals surface area contributed by atoms with E-state index in [1.807, 2.05) is 27.2 Å². The van der Waals surface area contributed by atoms with Crippen LogP contribution in [0.5, 0.6) is 0 Å². The number of phosphoric ester groups is 1. The van der Waals surface area contributed by atoms with Gasteiger partial charge in [0.2, 0.25) is 5.91 Å². The van der Waals surface area contributed by atoms with Gasteiger partial charge in [-0.1, -0.05) is 128 Å². The lowest BCUT2D eigenvalue weighted by molar-refractivity contribution is -0.870. The SMILES string of the molecule is CCCCCCCCCCCCCC/C=C/CC/C=C/C(O)C(COP(=O)(O)OCC[N+](C)(C)C)NC(=O)CCCCCC. The van der Waals surface area contributed by atoms with Gasteiger partial charge in [0.05, 0.1) is 39.9 Å². The molecule has 9 heteroatoms. The van der Waals surface area contributed by atoms with Crippen molar-refractivity contribution in [3.05, 3.63) is 24.3 Å². The van der Waals surface area contributed by atoms with Crippen molar-refractivity contribution >= 4 is 13.7 Å². The molecule has 44 heavy (non-hydrogen) atoms. The number of allylic oxidation sites excluding steroid dienone is 3. The zero-order valence-electron chi connectivity index (χ0n) is 29.1. The van der Waals surface area contributed by atoms with E-state index in [9.17, 15) is 19.4 Å². The first-order valence-electron chi connectivity index (χ1n) is 17.7. The highest BCUT2D eigenvalue weighted by atomic mass is 31.2. The van der Waals surface area contributed by atoms with E-state index in [1.165, 1.54) is 77.0 Å². The molecule has 0 aliphatic carbocycles. The van der Waals surface area contributed by atoms with E-state index in [0.29, 0.717) is 17.4 Å². The first-order chi connectivity index (χ1) is 21.0. The van der Waals surface area contributed by atoms with Gasteiger partial charge in [-0.2, -0.15) is 0 Å². The average Bonchev–Trinajstić information content (AvgIpc) is 2.96. The number of carbonyl (C=O) groups is 1. The highest BCUT2D eigenvalue weighted by molar-refractivity contribution is 7.47. The topological polar surface area (TPSA) is 105 Å². The first-order valence-corrected chi connectivity index (χ1v) is 19.2. The second-order valence-corrected chi connectivity index (χ2v) is 14.7. The molecule has 0 aromatic heterocycles. The van der Waals surface area contributed by atoms with Gasteiger partial charge in [0, 0.05) is 6.42 Å². The molecule has 8 nitrogen and oxygen atoms in total. The Labute approximate surface area is 271 Å². The Morgan fingerprint density at radius 3 is 1.82 bits per heavy atom. The summed E-state index contributed by atoms with van der Waals surface area (Å²) in [5, 5.41) is 13.6. The summed E-state index contributed by atoms with van der Waals surface area (Å²) in [6.07, 6.45) is 30.2. The maximum Gasteiger partial charge on any atom is 0.472 e. The maximum absolute atomic E-state index is 12.5. The maximum atomic E-state index is 12.5. The number of aliphatic hydroxyl groups excluding tert-OH is 1. The monoisotopic (exact) mass is 645 g/mol. The van der Waals surface area contributed by atoms with E-state index in [0.717, 1.165) is 44.9 Å². The lowest BCUT2D eigenvalue weighted by Crippen LogP contribution is -2.45. The number of quaternary nitrogens is 1. The number of rotatable bonds is 31. The largest absolute Gasteiger partial charge is 0.472 e. The first kappa shape index (κ1) is 43.0. The summed E-state index contributed by atoms with van der Waals surface area (Å²) < 4.78 is 23.2. The number of aliphatic hydroxyl groups is 1. The van der Waals surface area contributed by atoms with Crippen molar-refractivity contribution in [1.82, 2.24) is 5.32 Å². The molecule has 3 atom stereocenters. The van der Waals surface area contributed by atoms with Crippen LogP contribution in [0.2, 0.25) is 0 Å². The third-order valence-corrected chi connectivity index (χ3v) is 8.66. The summed E-state index contributed by atoms with van der Waals surface area (Å²) in [5.41, 5.74) is 0. The van der Waals surface area contributed by atoms with Gasteiger partial charge in [0.15, 0.2) is 0 Å². The van der Waals surface area contributed by atoms with Gasteiger partial charge in [0.1, 0.15) is 13.2 Å². The molecule has 0 aromatic carbocycles. The summed E-state index contributed by atoms with van der Waals surface area (Å²) in [4.78, 5) is 22.6. The van der Waals surface area contributed by atoms with Crippen LogP contribution in [0.25, 0.3) is 0 Å². The van der Waals surface area contributed by atoms with Gasteiger partial charge < -0.3 is 19.8 Å². The van der Waals surface area contributed by atoms with Crippen LogP contribution in [0.4, 0.5) is 0 Å². The molecule has 0 aliphatic rings. The molecular weight excluding hydrogens is 575 g/mol. The molecular formula is C35H70N2O6P+. The van der Waals surface area contributed by atoms with Crippen molar-refractivity contribution in [2.45, 2.75) is 154 Å². The minimum absolute atomic E-state index is 0.0566. The van der Waals surface area contributed by atoms with Crippen molar-refractivity contribution in [2.75, 3.05) is 40.9 Å². The standard InChI is InChI=1S/C35H69N2O6P/c1-6-8-10-12-13-14-15-16-17-18-19-20-21-22-23-24-25-26-28-34(38)33(36-35(39)29-27-11-9-7-2)32-43-44(40,41)42-31-30-37(3,4)5/h22-23,26,28,33-34,38H,6-21,24-25,27,29-32H2,1-5H3,(H-,36,39,40,41)/p+1/b23-22+,28-26+. The van der Waals surface area contributed by atoms with Gasteiger partial charge >= 0.3 is 7.82 Å². The Balaban J connectivity index is 4.39. The Hall–Kier alpha value is -1.02. The van der Waals surface area contributed by atoms with Gasteiger partial charge in [0.25, 0.3) is 0 Å². The number of phosphoric acid groups is 1. The van der Waals surface area contributed by atoms with E-state index in [2.05, 4.69) is 31.3 Å². The second kappa shape index (κ2) is 28.2. The Morgan fingerprint density at radius 2 is 1.25 bits per heavy atom. The van der Waals surface area contributed by atoms with Crippen LogP contribution in [-0.4, -0.2) is 73.4 Å². The molecule has 0 rings (SSSR count). The van der Waals surface area contributed by atoms with E-state index in [-0.39, 0.29) is 19.1 Å². The van der Waals surface area contributed by atoms with Crippen molar-refractivity contribution in [3.63, 3.8) is 0 Å². The smallest absolute Gasteiger partial charge is 0.387 e. The summed E-state index contributed by atoms with van der Waals surface area (Å²) in [6.45, 7) is 4.64. The van der Waals surface area contributed by atoms with Gasteiger partial charge in [-0.15, -0.1) is 0 Å². The number of nitrogens with one attached hydrogen (secondary N) is 1. The molecule has 0 aliphatic heterocycles. The predicted molar refractivity (Wildman–Crippen MR) is 185 cm³/mol. The van der Waals surface area contributed by atoms with Crippen molar-refractivity contribution < 1.29 is 32.9 Å².